The number of methoxy groups -OCH3 is 1. The van der Waals surface area contributed by atoms with Crippen molar-refractivity contribution >= 4 is 0 Å². The molecule has 0 aliphatic rings. The van der Waals surface area contributed by atoms with Gasteiger partial charge in [-0.2, -0.15) is 10.2 Å². The second-order valence-electron chi connectivity index (χ2n) is 2.77. The summed E-state index contributed by atoms with van der Waals surface area (Å²) in [5.74, 6) is 0.699. The standard InChI is InChI=1S/C9H10N4O/c1-14-7-8-2-3-10-9(6-8)13-11-4-5-12-13/h2-6H,7H2,1H3. The summed E-state index contributed by atoms with van der Waals surface area (Å²) in [6, 6.07) is 3.79. The molecule has 5 heteroatoms. The van der Waals surface area contributed by atoms with Crippen molar-refractivity contribution in [2.75, 3.05) is 7.11 Å². The van der Waals surface area contributed by atoms with Crippen molar-refractivity contribution in [3.8, 4) is 5.82 Å². The first-order chi connectivity index (χ1) is 6.90. The lowest BCUT2D eigenvalue weighted by Gasteiger charge is -2.01. The lowest BCUT2D eigenvalue weighted by Crippen LogP contribution is -2.02. The lowest BCUT2D eigenvalue weighted by molar-refractivity contribution is 0.185. The van der Waals surface area contributed by atoms with E-state index in [4.69, 9.17) is 4.74 Å². The summed E-state index contributed by atoms with van der Waals surface area (Å²) in [7, 11) is 1.66. The van der Waals surface area contributed by atoms with Gasteiger partial charge in [-0.1, -0.05) is 0 Å². The van der Waals surface area contributed by atoms with E-state index in [1.165, 1.54) is 4.80 Å². The maximum absolute atomic E-state index is 5.02. The zero-order valence-corrected chi connectivity index (χ0v) is 7.79. The highest BCUT2D eigenvalue weighted by Crippen LogP contribution is 2.05. The first-order valence-corrected chi connectivity index (χ1v) is 4.20. The van der Waals surface area contributed by atoms with Gasteiger partial charge in [0.25, 0.3) is 0 Å². The van der Waals surface area contributed by atoms with Crippen molar-refractivity contribution in [2.24, 2.45) is 0 Å². The van der Waals surface area contributed by atoms with Gasteiger partial charge in [0.2, 0.25) is 0 Å². The van der Waals surface area contributed by atoms with Crippen molar-refractivity contribution in [3.05, 3.63) is 36.3 Å². The lowest BCUT2D eigenvalue weighted by atomic mass is 10.3. The van der Waals surface area contributed by atoms with Crippen LogP contribution in [-0.4, -0.2) is 27.1 Å². The van der Waals surface area contributed by atoms with Crippen LogP contribution < -0.4 is 0 Å². The molecule has 0 N–H and O–H groups in total. The molecular formula is C9H10N4O. The summed E-state index contributed by atoms with van der Waals surface area (Å²) in [6.45, 7) is 0.566. The van der Waals surface area contributed by atoms with Crippen molar-refractivity contribution in [1.29, 1.82) is 0 Å². The summed E-state index contributed by atoms with van der Waals surface area (Å²) in [4.78, 5) is 5.62. The molecule has 0 saturated carbocycles. The largest absolute Gasteiger partial charge is 0.380 e. The van der Waals surface area contributed by atoms with E-state index in [2.05, 4.69) is 15.2 Å². The predicted octanol–water partition coefficient (Wildman–Crippen LogP) is 0.809. The van der Waals surface area contributed by atoms with Crippen LogP contribution in [0.2, 0.25) is 0 Å². The zero-order chi connectivity index (χ0) is 9.80. The van der Waals surface area contributed by atoms with E-state index >= 15 is 0 Å². The summed E-state index contributed by atoms with van der Waals surface area (Å²) >= 11 is 0. The molecule has 0 saturated heterocycles. The third-order valence-corrected chi connectivity index (χ3v) is 1.74. The average Bonchev–Trinajstić information content (AvgIpc) is 2.71. The quantitative estimate of drug-likeness (QED) is 0.718. The summed E-state index contributed by atoms with van der Waals surface area (Å²) < 4.78 is 5.02. The third kappa shape index (κ3) is 1.77. The Balaban J connectivity index is 2.31. The molecule has 2 heterocycles. The number of rotatable bonds is 3. The van der Waals surface area contributed by atoms with Crippen LogP contribution in [0.1, 0.15) is 5.56 Å². The highest BCUT2D eigenvalue weighted by molar-refractivity contribution is 5.24. The zero-order valence-electron chi connectivity index (χ0n) is 7.79. The third-order valence-electron chi connectivity index (χ3n) is 1.74. The number of hydrogen-bond donors (Lipinski definition) is 0. The second kappa shape index (κ2) is 3.97. The van der Waals surface area contributed by atoms with Gasteiger partial charge in [0.05, 0.1) is 19.0 Å². The van der Waals surface area contributed by atoms with Crippen molar-refractivity contribution in [2.45, 2.75) is 6.61 Å². The maximum atomic E-state index is 5.02. The first kappa shape index (κ1) is 8.83. The monoisotopic (exact) mass is 190 g/mol. The minimum absolute atomic E-state index is 0.566. The Labute approximate surface area is 81.3 Å². The molecule has 0 aliphatic carbocycles. The fourth-order valence-electron chi connectivity index (χ4n) is 1.16. The van der Waals surface area contributed by atoms with Crippen molar-refractivity contribution < 1.29 is 4.74 Å². The smallest absolute Gasteiger partial charge is 0.174 e. The first-order valence-electron chi connectivity index (χ1n) is 4.20. The molecule has 2 rings (SSSR count). The van der Waals surface area contributed by atoms with Crippen LogP contribution in [0.4, 0.5) is 0 Å². The highest BCUT2D eigenvalue weighted by Gasteiger charge is 2.00. The average molecular weight is 190 g/mol. The van der Waals surface area contributed by atoms with E-state index in [1.807, 2.05) is 12.1 Å². The summed E-state index contributed by atoms with van der Waals surface area (Å²) in [5.41, 5.74) is 1.05. The molecule has 0 bridgehead atoms. The van der Waals surface area contributed by atoms with Gasteiger partial charge in [-0.3, -0.25) is 0 Å². The van der Waals surface area contributed by atoms with Gasteiger partial charge in [0.15, 0.2) is 5.82 Å². The molecular weight excluding hydrogens is 180 g/mol. The Hall–Kier alpha value is -1.75. The Bertz CT molecular complexity index is 399. The number of hydrogen-bond acceptors (Lipinski definition) is 4. The topological polar surface area (TPSA) is 52.8 Å². The van der Waals surface area contributed by atoms with Crippen molar-refractivity contribution in [1.82, 2.24) is 20.0 Å². The molecule has 0 unspecified atom stereocenters. The minimum Gasteiger partial charge on any atom is -0.380 e. The van der Waals surface area contributed by atoms with Gasteiger partial charge in [-0.15, -0.1) is 4.80 Å². The van der Waals surface area contributed by atoms with Gasteiger partial charge in [-0.05, 0) is 17.7 Å². The molecule has 14 heavy (non-hydrogen) atoms. The molecule has 0 fully saturated rings. The molecule has 72 valence electrons. The van der Waals surface area contributed by atoms with Crippen LogP contribution in [0.25, 0.3) is 5.82 Å². The molecule has 2 aromatic rings. The van der Waals surface area contributed by atoms with Gasteiger partial charge in [0, 0.05) is 13.3 Å². The Morgan fingerprint density at radius 3 is 2.79 bits per heavy atom. The maximum Gasteiger partial charge on any atom is 0.174 e. The number of ether oxygens (including phenoxy) is 1. The van der Waals surface area contributed by atoms with E-state index in [9.17, 15) is 0 Å². The van der Waals surface area contributed by atoms with Crippen molar-refractivity contribution in [3.63, 3.8) is 0 Å². The molecule has 0 aromatic carbocycles. The number of aromatic nitrogens is 4. The fraction of sp³-hybridized carbons (Fsp3) is 0.222. The van der Waals surface area contributed by atoms with E-state index in [0.717, 1.165) is 5.56 Å². The van der Waals surface area contributed by atoms with Gasteiger partial charge in [-0.25, -0.2) is 4.98 Å². The minimum atomic E-state index is 0.566. The molecule has 0 spiro atoms. The predicted molar refractivity (Wildman–Crippen MR) is 49.9 cm³/mol. The fourth-order valence-corrected chi connectivity index (χ4v) is 1.16. The molecule has 2 aromatic heterocycles. The molecule has 0 atom stereocenters. The van der Waals surface area contributed by atoms with Gasteiger partial charge in [0.1, 0.15) is 0 Å². The van der Waals surface area contributed by atoms with Crippen LogP contribution >= 0.6 is 0 Å². The normalized spacial score (nSPS) is 10.4. The summed E-state index contributed by atoms with van der Waals surface area (Å²) in [6.07, 6.45) is 4.95. The number of nitrogens with zero attached hydrogens (tertiary/aromatic N) is 4. The Morgan fingerprint density at radius 1 is 1.29 bits per heavy atom. The second-order valence-corrected chi connectivity index (χ2v) is 2.77. The van der Waals surface area contributed by atoms with Crippen LogP contribution in [-0.2, 0) is 11.3 Å². The Morgan fingerprint density at radius 2 is 2.07 bits per heavy atom. The van der Waals surface area contributed by atoms with E-state index in [1.54, 1.807) is 25.7 Å². The molecule has 0 amide bonds. The SMILES string of the molecule is COCc1ccnc(-n2nccn2)c1. The highest BCUT2D eigenvalue weighted by atomic mass is 16.5. The molecule has 0 radical (unpaired) electrons. The van der Waals surface area contributed by atoms with Crippen LogP contribution in [0, 0.1) is 0 Å². The van der Waals surface area contributed by atoms with Gasteiger partial charge >= 0.3 is 0 Å². The van der Waals surface area contributed by atoms with Crippen LogP contribution in [0.3, 0.4) is 0 Å². The van der Waals surface area contributed by atoms with E-state index in [-0.39, 0.29) is 0 Å². The Kier molecular flexibility index (Phi) is 2.51. The van der Waals surface area contributed by atoms with Crippen LogP contribution in [0.15, 0.2) is 30.7 Å². The van der Waals surface area contributed by atoms with Gasteiger partial charge < -0.3 is 4.74 Å². The molecule has 5 nitrogen and oxygen atoms in total. The summed E-state index contributed by atoms with van der Waals surface area (Å²) in [5, 5.41) is 7.98. The van der Waals surface area contributed by atoms with E-state index < -0.39 is 0 Å². The van der Waals surface area contributed by atoms with E-state index in [0.29, 0.717) is 12.4 Å². The molecule has 0 aliphatic heterocycles. The number of pyridine rings is 1. The van der Waals surface area contributed by atoms with Crippen LogP contribution in [0.5, 0.6) is 0 Å².